The number of likely N-dealkylation sites (tertiary alicyclic amines) is 2. The van der Waals surface area contributed by atoms with Crippen LogP contribution >= 0.6 is 23.2 Å². The molecule has 0 aromatic carbocycles. The summed E-state index contributed by atoms with van der Waals surface area (Å²) < 4.78 is 41.8. The Hall–Kier alpha value is -3.67. The molecule has 2 N–H and O–H groups in total. The molecule has 3 atom stereocenters. The van der Waals surface area contributed by atoms with E-state index in [2.05, 4.69) is 45.0 Å². The molecule has 0 radical (unpaired) electrons. The molecule has 19 heteroatoms. The molecule has 54 heavy (non-hydrogen) atoms. The number of nitrogens with zero attached hydrogens (tertiary/aromatic N) is 4. The smallest absolute Gasteiger partial charge is 0.444 e. The highest BCUT2D eigenvalue weighted by atomic mass is 35.5. The second-order valence-electron chi connectivity index (χ2n) is 13.0. The van der Waals surface area contributed by atoms with Crippen LogP contribution in [0.4, 0.5) is 22.8 Å². The van der Waals surface area contributed by atoms with E-state index in [0.717, 1.165) is 37.5 Å². The van der Waals surface area contributed by atoms with Crippen LogP contribution in [0.2, 0.25) is 0 Å². The molecule has 3 fully saturated rings. The summed E-state index contributed by atoms with van der Waals surface area (Å²) in [6.45, 7) is 24.3. The van der Waals surface area contributed by atoms with Gasteiger partial charge >= 0.3 is 18.4 Å². The molecule has 0 bridgehead atoms. The molecule has 3 rings (SSSR count). The number of aldehydes is 2. The van der Waals surface area contributed by atoms with Crippen LogP contribution in [0.25, 0.3) is 0 Å². The summed E-state index contributed by atoms with van der Waals surface area (Å²) >= 11 is 9.53. The Morgan fingerprint density at radius 3 is 1.50 bits per heavy atom. The van der Waals surface area contributed by atoms with Gasteiger partial charge in [0, 0.05) is 32.8 Å². The van der Waals surface area contributed by atoms with E-state index in [1.807, 2.05) is 20.8 Å². The van der Waals surface area contributed by atoms with Crippen molar-refractivity contribution < 1.29 is 56.6 Å². The molecule has 314 valence electrons. The topological polar surface area (TPSA) is 169 Å². The van der Waals surface area contributed by atoms with E-state index in [-0.39, 0.29) is 24.9 Å². The number of carbonyl (C=O) groups is 4. The number of ether oxygens (including phenoxy) is 2. The number of nitrogens with one attached hydrogen (secondary N) is 1. The van der Waals surface area contributed by atoms with Gasteiger partial charge in [-0.1, -0.05) is 54.2 Å². The predicted molar refractivity (Wildman–Crippen MR) is 207 cm³/mol. The highest BCUT2D eigenvalue weighted by Gasteiger charge is 2.34. The minimum atomic E-state index is -4.64. The third-order valence-electron chi connectivity index (χ3n) is 5.94. The lowest BCUT2D eigenvalue weighted by atomic mass is 10.2. The Kier molecular flexibility index (Phi) is 31.3. The van der Waals surface area contributed by atoms with Crippen LogP contribution in [-0.2, 0) is 28.7 Å². The predicted octanol–water partition coefficient (Wildman–Crippen LogP) is 6.89. The third-order valence-corrected chi connectivity index (χ3v) is 5.94. The summed E-state index contributed by atoms with van der Waals surface area (Å²) in [5, 5.41) is 17.8. The molecule has 0 aliphatic carbocycles. The molecule has 0 aromatic heterocycles. The van der Waals surface area contributed by atoms with E-state index < -0.39 is 35.8 Å². The van der Waals surface area contributed by atoms with Crippen molar-refractivity contribution in [2.75, 3.05) is 46.3 Å². The van der Waals surface area contributed by atoms with Gasteiger partial charge in [0.15, 0.2) is 0 Å². The van der Waals surface area contributed by atoms with Crippen molar-refractivity contribution in [1.29, 1.82) is 0 Å². The van der Waals surface area contributed by atoms with Gasteiger partial charge in [-0.15, -0.1) is 23.2 Å². The maximum atomic E-state index is 11.9. The van der Waals surface area contributed by atoms with E-state index in [9.17, 15) is 27.6 Å². The zero-order valence-corrected chi connectivity index (χ0v) is 33.5. The highest BCUT2D eigenvalue weighted by Crippen LogP contribution is 2.24. The summed E-state index contributed by atoms with van der Waals surface area (Å²) in [4.78, 5) is 55.3. The molecule has 0 unspecified atom stereocenters. The first kappa shape index (κ1) is 57.1. The Balaban J connectivity index is -0.000000308. The molecular formula is C35H60Cl2F3N5O9. The zero-order chi connectivity index (χ0) is 42.0. The highest BCUT2D eigenvalue weighted by molar-refractivity contribution is 6.40. The molecule has 3 saturated heterocycles. The fourth-order valence-corrected chi connectivity index (χ4v) is 4.05. The molecule has 3 aliphatic rings. The molecule has 14 nitrogen and oxygen atoms in total. The number of alkyl halides is 5. The maximum absolute atomic E-state index is 11.9. The number of aliphatic hydroxyl groups excluding tert-OH is 1. The van der Waals surface area contributed by atoms with Crippen molar-refractivity contribution >= 4 is 60.4 Å². The lowest BCUT2D eigenvalue weighted by molar-refractivity contribution is -0.156. The molecule has 0 spiro atoms. The summed E-state index contributed by atoms with van der Waals surface area (Å²) in [6.07, 6.45) is -0.140. The molecular weight excluding hydrogens is 762 g/mol. The monoisotopic (exact) mass is 821 g/mol. The minimum Gasteiger partial charge on any atom is -0.444 e. The van der Waals surface area contributed by atoms with Gasteiger partial charge in [0.25, 0.3) is 0 Å². The first-order chi connectivity index (χ1) is 24.5. The number of hydrogen-bond acceptors (Lipinski definition) is 12. The van der Waals surface area contributed by atoms with Crippen LogP contribution in [-0.4, -0.2) is 134 Å². The van der Waals surface area contributed by atoms with Gasteiger partial charge in [-0.05, 0) is 60.8 Å². The quantitative estimate of drug-likeness (QED) is 0.0980. The van der Waals surface area contributed by atoms with Crippen molar-refractivity contribution in [1.82, 2.24) is 15.1 Å². The van der Waals surface area contributed by atoms with Crippen LogP contribution in [0, 0.1) is 0 Å². The fourth-order valence-electron chi connectivity index (χ4n) is 4.05. The van der Waals surface area contributed by atoms with E-state index in [1.165, 1.54) is 17.6 Å². The van der Waals surface area contributed by atoms with E-state index in [4.69, 9.17) is 42.6 Å². The molecule has 0 saturated carbocycles. The number of halogens is 5. The number of rotatable bonds is 5. The third kappa shape index (κ3) is 29.7. The van der Waals surface area contributed by atoms with Gasteiger partial charge in [-0.2, -0.15) is 13.2 Å². The van der Waals surface area contributed by atoms with Crippen molar-refractivity contribution in [2.24, 2.45) is 10.3 Å². The first-order valence-corrected chi connectivity index (χ1v) is 16.9. The Labute approximate surface area is 328 Å². The van der Waals surface area contributed by atoms with E-state index >= 15 is 0 Å². The molecule has 0 aromatic rings. The minimum absolute atomic E-state index is 0. The normalized spacial score (nSPS) is 19.2. The fraction of sp³-hybridized carbons (Fsp3) is 0.657. The van der Waals surface area contributed by atoms with Crippen molar-refractivity contribution in [3.05, 3.63) is 36.5 Å². The zero-order valence-electron chi connectivity index (χ0n) is 32.0. The SMILES string of the molecule is C.C=C1CN[C@H](/C=N/OC)C1.C=C1C[C@@H](/C=N/OC)N(C(=O)OC(C)(C)C)C1.C=C1C[C@@H](C=O)N(C(=O)OC(C)(C)C)C1.CO.ClCCl.O=CC(F)(F)F. The second-order valence-corrected chi connectivity index (χ2v) is 13.8. The van der Waals surface area contributed by atoms with Gasteiger partial charge in [0.05, 0.1) is 29.9 Å². The number of oxime groups is 2. The van der Waals surface area contributed by atoms with E-state index in [0.29, 0.717) is 32.0 Å². The summed E-state index contributed by atoms with van der Waals surface area (Å²) in [5.41, 5.74) is 2.08. The van der Waals surface area contributed by atoms with Gasteiger partial charge < -0.3 is 34.4 Å². The Bertz CT molecular complexity index is 1210. The molecule has 2 amide bonds. The van der Waals surface area contributed by atoms with Crippen LogP contribution < -0.4 is 5.32 Å². The molecule has 3 aliphatic heterocycles. The van der Waals surface area contributed by atoms with Crippen LogP contribution in [0.1, 0.15) is 68.2 Å². The van der Waals surface area contributed by atoms with Crippen LogP contribution in [0.15, 0.2) is 46.8 Å². The summed E-state index contributed by atoms with van der Waals surface area (Å²) in [5.74, 6) is 0. The van der Waals surface area contributed by atoms with E-state index in [1.54, 1.807) is 45.2 Å². The van der Waals surface area contributed by atoms with Crippen LogP contribution in [0.5, 0.6) is 0 Å². The van der Waals surface area contributed by atoms with Gasteiger partial charge in [0.2, 0.25) is 6.29 Å². The average molecular weight is 823 g/mol. The summed E-state index contributed by atoms with van der Waals surface area (Å²) in [6, 6.07) is -0.211. The average Bonchev–Trinajstić information content (AvgIpc) is 3.76. The summed E-state index contributed by atoms with van der Waals surface area (Å²) in [7, 11) is 4.01. The first-order valence-electron chi connectivity index (χ1n) is 15.9. The van der Waals surface area contributed by atoms with Crippen molar-refractivity contribution in [2.45, 2.75) is 104 Å². The van der Waals surface area contributed by atoms with Crippen LogP contribution in [0.3, 0.4) is 0 Å². The standard InChI is InChI=1S/C12H20N2O3.C11H17NO3.C7H12N2O.C2HF3O.CH2Cl2.CH4O.CH4/c1-9-6-10(7-13-16-5)14(8-9)11(15)17-12(2,3)4;1-8-5-9(7-13)12(6-8)10(14)15-11(2,3)4;1-6-3-7(8-4-6)5-9-10-2;3-2(4,5)1-6;2-1-3;1-2;/h7,10H,1,6,8H2,2-5H3;7,9H,1,5-6H2,2-4H3;5,7-8H,1,3-4H2,2H3;1H;1H2;2H,1H3;1H4/b13-7+;;9-5+;;;;/t10-;9-;7-;;;;/m000..../s1. The number of aliphatic hydroxyl groups is 1. The van der Waals surface area contributed by atoms with Crippen molar-refractivity contribution in [3.8, 4) is 0 Å². The lowest BCUT2D eigenvalue weighted by Gasteiger charge is -2.26. The largest absolute Gasteiger partial charge is 0.446 e. The van der Waals surface area contributed by atoms with Gasteiger partial charge in [-0.25, -0.2) is 9.59 Å². The lowest BCUT2D eigenvalue weighted by Crippen LogP contribution is -2.40. The number of amides is 2. The Morgan fingerprint density at radius 1 is 0.815 bits per heavy atom. The van der Waals surface area contributed by atoms with Crippen molar-refractivity contribution in [3.63, 3.8) is 0 Å². The second kappa shape index (κ2) is 29.7. The number of carbonyl (C=O) groups excluding carboxylic acids is 4. The Morgan fingerprint density at radius 2 is 1.19 bits per heavy atom. The maximum Gasteiger partial charge on any atom is 0.446 e. The van der Waals surface area contributed by atoms with Gasteiger partial charge in [0.1, 0.15) is 31.7 Å². The number of hydrogen-bond donors (Lipinski definition) is 2. The molecule has 3 heterocycles. The van der Waals surface area contributed by atoms with Gasteiger partial charge in [-0.3, -0.25) is 14.6 Å².